The number of halogens is 1. The summed E-state index contributed by atoms with van der Waals surface area (Å²) in [4.78, 5) is 31.1. The van der Waals surface area contributed by atoms with Gasteiger partial charge in [-0.15, -0.1) is 0 Å². The van der Waals surface area contributed by atoms with Crippen LogP contribution in [-0.2, 0) is 11.2 Å². The number of likely N-dealkylation sites (N-methyl/N-ethyl adjacent to an activating group) is 1. The van der Waals surface area contributed by atoms with Gasteiger partial charge in [0.15, 0.2) is 0 Å². The highest BCUT2D eigenvalue weighted by Gasteiger charge is 2.32. The minimum Gasteiger partial charge on any atom is -0.465 e. The Bertz CT molecular complexity index is 729. The van der Waals surface area contributed by atoms with Crippen LogP contribution in [0.1, 0.15) is 24.0 Å². The summed E-state index contributed by atoms with van der Waals surface area (Å²) in [7, 11) is 2.15. The molecule has 7 nitrogen and oxygen atoms in total. The molecule has 0 spiro atoms. The van der Waals surface area contributed by atoms with E-state index < -0.39 is 12.1 Å². The van der Waals surface area contributed by atoms with Gasteiger partial charge in [-0.2, -0.15) is 0 Å². The number of nitrogens with zero attached hydrogens (tertiary/aromatic N) is 3. The topological polar surface area (TPSA) is 76.1 Å². The molecule has 0 radical (unpaired) electrons. The fraction of sp³-hybridized carbons (Fsp3) is 0.619. The van der Waals surface area contributed by atoms with Gasteiger partial charge in [0.2, 0.25) is 5.91 Å². The number of aryl methyl sites for hydroxylation is 1. The molecule has 2 saturated heterocycles. The Morgan fingerprint density at radius 3 is 2.41 bits per heavy atom. The van der Waals surface area contributed by atoms with Gasteiger partial charge in [0.25, 0.3) is 0 Å². The number of piperidine rings is 1. The monoisotopic (exact) mass is 466 g/mol. The summed E-state index contributed by atoms with van der Waals surface area (Å²) in [5.41, 5.74) is 2.02. The molecule has 160 valence electrons. The van der Waals surface area contributed by atoms with E-state index in [1.807, 2.05) is 30.0 Å². The van der Waals surface area contributed by atoms with Crippen molar-refractivity contribution in [1.29, 1.82) is 0 Å². The van der Waals surface area contributed by atoms with Crippen molar-refractivity contribution in [3.8, 4) is 0 Å². The lowest BCUT2D eigenvalue weighted by molar-refractivity contribution is -0.135. The molecule has 0 aromatic heterocycles. The lowest BCUT2D eigenvalue weighted by atomic mass is 9.99. The van der Waals surface area contributed by atoms with Gasteiger partial charge in [-0.25, -0.2) is 4.79 Å². The Morgan fingerprint density at radius 2 is 1.83 bits per heavy atom. The number of hydrogen-bond acceptors (Lipinski definition) is 4. The Labute approximate surface area is 181 Å². The number of piperazine rings is 1. The number of hydrogen-bond donors (Lipinski definition) is 2. The first kappa shape index (κ1) is 22.1. The predicted molar refractivity (Wildman–Crippen MR) is 116 cm³/mol. The first-order valence-electron chi connectivity index (χ1n) is 10.3. The van der Waals surface area contributed by atoms with Crippen LogP contribution in [0.3, 0.4) is 0 Å². The van der Waals surface area contributed by atoms with Gasteiger partial charge in [0, 0.05) is 56.2 Å². The fourth-order valence-corrected chi connectivity index (χ4v) is 4.52. The number of carbonyl (C=O) groups excluding carboxylic acids is 1. The lowest BCUT2D eigenvalue weighted by Crippen LogP contribution is -2.55. The summed E-state index contributed by atoms with van der Waals surface area (Å²) in [6, 6.07) is 5.63. The molecule has 2 aliphatic rings. The van der Waals surface area contributed by atoms with Crippen LogP contribution in [0.25, 0.3) is 0 Å². The van der Waals surface area contributed by atoms with Gasteiger partial charge < -0.3 is 20.2 Å². The van der Waals surface area contributed by atoms with Crippen LogP contribution in [0.15, 0.2) is 22.7 Å². The fourth-order valence-electron chi connectivity index (χ4n) is 4.28. The average Bonchev–Trinajstić information content (AvgIpc) is 2.70. The SMILES string of the molecule is Cc1cc(CC(NC(=O)O)C(=O)N2CCC(N3CCN(C)CC3)CC2)ccc1Br. The van der Waals surface area contributed by atoms with Crippen LogP contribution >= 0.6 is 15.9 Å². The second-order valence-corrected chi connectivity index (χ2v) is 9.04. The number of rotatable bonds is 5. The molecule has 1 aromatic carbocycles. The lowest BCUT2D eigenvalue weighted by Gasteiger charge is -2.42. The smallest absolute Gasteiger partial charge is 0.405 e. The normalized spacial score (nSPS) is 20.4. The second kappa shape index (κ2) is 9.91. The van der Waals surface area contributed by atoms with E-state index in [0.717, 1.165) is 54.6 Å². The van der Waals surface area contributed by atoms with Crippen molar-refractivity contribution in [2.24, 2.45) is 0 Å². The van der Waals surface area contributed by atoms with Crippen molar-refractivity contribution < 1.29 is 14.7 Å². The van der Waals surface area contributed by atoms with Gasteiger partial charge in [-0.1, -0.05) is 28.1 Å². The summed E-state index contributed by atoms with van der Waals surface area (Å²) >= 11 is 3.48. The number of carboxylic acid groups (broad SMARTS) is 1. The predicted octanol–water partition coefficient (Wildman–Crippen LogP) is 2.17. The Morgan fingerprint density at radius 1 is 1.17 bits per heavy atom. The number of amides is 2. The third-order valence-corrected chi connectivity index (χ3v) is 6.98. The number of likely N-dealkylation sites (tertiary alicyclic amines) is 1. The van der Waals surface area contributed by atoms with E-state index >= 15 is 0 Å². The molecule has 2 N–H and O–H groups in total. The van der Waals surface area contributed by atoms with Gasteiger partial charge in [0.1, 0.15) is 6.04 Å². The van der Waals surface area contributed by atoms with E-state index in [-0.39, 0.29) is 5.91 Å². The minimum atomic E-state index is -1.16. The quantitative estimate of drug-likeness (QED) is 0.695. The molecule has 8 heteroatoms. The van der Waals surface area contributed by atoms with Crippen LogP contribution in [0, 0.1) is 6.92 Å². The van der Waals surface area contributed by atoms with Gasteiger partial charge in [0.05, 0.1) is 0 Å². The molecule has 2 fully saturated rings. The molecule has 1 atom stereocenters. The van der Waals surface area contributed by atoms with Crippen molar-refractivity contribution in [3.05, 3.63) is 33.8 Å². The molecule has 2 aliphatic heterocycles. The maximum Gasteiger partial charge on any atom is 0.405 e. The number of carbonyl (C=O) groups is 2. The molecule has 0 bridgehead atoms. The first-order chi connectivity index (χ1) is 13.8. The van der Waals surface area contributed by atoms with Crippen LogP contribution in [-0.4, -0.2) is 90.2 Å². The van der Waals surface area contributed by atoms with E-state index in [1.54, 1.807) is 0 Å². The zero-order chi connectivity index (χ0) is 21.0. The molecule has 2 amide bonds. The van der Waals surface area contributed by atoms with Crippen LogP contribution < -0.4 is 5.32 Å². The maximum atomic E-state index is 13.1. The van der Waals surface area contributed by atoms with Crippen molar-refractivity contribution in [2.75, 3.05) is 46.3 Å². The third kappa shape index (κ3) is 5.93. The van der Waals surface area contributed by atoms with Crippen molar-refractivity contribution in [3.63, 3.8) is 0 Å². The van der Waals surface area contributed by atoms with E-state index in [1.165, 1.54) is 0 Å². The van der Waals surface area contributed by atoms with Gasteiger partial charge in [-0.3, -0.25) is 9.69 Å². The van der Waals surface area contributed by atoms with E-state index in [4.69, 9.17) is 0 Å². The molecule has 0 aliphatic carbocycles. The maximum absolute atomic E-state index is 13.1. The summed E-state index contributed by atoms with van der Waals surface area (Å²) in [6.07, 6.45) is 1.10. The Balaban J connectivity index is 1.59. The molecule has 2 heterocycles. The highest BCUT2D eigenvalue weighted by Crippen LogP contribution is 2.21. The van der Waals surface area contributed by atoms with Crippen LogP contribution in [0.5, 0.6) is 0 Å². The van der Waals surface area contributed by atoms with Gasteiger partial charge >= 0.3 is 6.09 Å². The van der Waals surface area contributed by atoms with E-state index in [9.17, 15) is 14.7 Å². The minimum absolute atomic E-state index is 0.121. The summed E-state index contributed by atoms with van der Waals surface area (Å²) < 4.78 is 1.00. The van der Waals surface area contributed by atoms with Crippen molar-refractivity contribution in [2.45, 2.75) is 38.3 Å². The number of benzene rings is 1. The molecule has 29 heavy (non-hydrogen) atoms. The molecule has 1 unspecified atom stereocenters. The van der Waals surface area contributed by atoms with Crippen molar-refractivity contribution >= 4 is 27.9 Å². The summed E-state index contributed by atoms with van der Waals surface area (Å²) in [5, 5.41) is 11.7. The Kier molecular flexibility index (Phi) is 7.54. The van der Waals surface area contributed by atoms with Gasteiger partial charge in [-0.05, 0) is 44.0 Å². The molecular formula is C21H31BrN4O3. The molecular weight excluding hydrogens is 436 g/mol. The average molecular weight is 467 g/mol. The summed E-state index contributed by atoms with van der Waals surface area (Å²) in [5.74, 6) is -0.121. The van der Waals surface area contributed by atoms with E-state index in [2.05, 4.69) is 38.1 Å². The molecule has 0 saturated carbocycles. The highest BCUT2D eigenvalue weighted by atomic mass is 79.9. The summed E-state index contributed by atoms with van der Waals surface area (Å²) in [6.45, 7) is 7.72. The molecule has 1 aromatic rings. The van der Waals surface area contributed by atoms with Crippen LogP contribution in [0.2, 0.25) is 0 Å². The van der Waals surface area contributed by atoms with Crippen LogP contribution in [0.4, 0.5) is 4.79 Å². The third-order valence-electron chi connectivity index (χ3n) is 6.09. The highest BCUT2D eigenvalue weighted by molar-refractivity contribution is 9.10. The Hall–Kier alpha value is -1.64. The standard InChI is InChI=1S/C21H31BrN4O3/c1-15-13-16(3-4-18(15)22)14-19(23-21(28)29)20(27)26-7-5-17(6-8-26)25-11-9-24(2)10-12-25/h3-4,13,17,19,23H,5-12,14H2,1-2H3,(H,28,29). The van der Waals surface area contributed by atoms with E-state index in [0.29, 0.717) is 25.6 Å². The van der Waals surface area contributed by atoms with Crippen molar-refractivity contribution in [1.82, 2.24) is 20.0 Å². The second-order valence-electron chi connectivity index (χ2n) is 8.19. The number of nitrogens with one attached hydrogen (secondary N) is 1. The molecule has 3 rings (SSSR count). The zero-order valence-electron chi connectivity index (χ0n) is 17.2. The largest absolute Gasteiger partial charge is 0.465 e. The zero-order valence-corrected chi connectivity index (χ0v) is 18.8. The first-order valence-corrected chi connectivity index (χ1v) is 11.1.